The molecule has 4 rings (SSSR count). The third-order valence-electron chi connectivity index (χ3n) is 6.90. The molecular formula is C31H34Br2N2O2S. The van der Waals surface area contributed by atoms with Crippen molar-refractivity contribution in [2.45, 2.75) is 62.9 Å². The second-order valence-corrected chi connectivity index (χ2v) is 12.6. The van der Waals surface area contributed by atoms with Gasteiger partial charge < -0.3 is 10.2 Å². The third kappa shape index (κ3) is 8.99. The highest BCUT2D eigenvalue weighted by Gasteiger charge is 2.31. The van der Waals surface area contributed by atoms with Gasteiger partial charge in [0.1, 0.15) is 6.04 Å². The summed E-state index contributed by atoms with van der Waals surface area (Å²) in [6.45, 7) is 0.389. The van der Waals surface area contributed by atoms with Crippen molar-refractivity contribution in [1.29, 1.82) is 0 Å². The van der Waals surface area contributed by atoms with Crippen LogP contribution in [0.2, 0.25) is 0 Å². The zero-order valence-corrected chi connectivity index (χ0v) is 25.4. The van der Waals surface area contributed by atoms with E-state index in [1.165, 1.54) is 12.0 Å². The molecule has 0 saturated heterocycles. The lowest BCUT2D eigenvalue weighted by Gasteiger charge is -2.33. The molecule has 1 fully saturated rings. The zero-order chi connectivity index (χ0) is 26.7. The molecule has 0 radical (unpaired) electrons. The molecule has 0 bridgehead atoms. The molecule has 1 aliphatic carbocycles. The van der Waals surface area contributed by atoms with Crippen molar-refractivity contribution in [2.75, 3.05) is 5.75 Å². The smallest absolute Gasteiger partial charge is 0.243 e. The Morgan fingerprint density at radius 2 is 1.42 bits per heavy atom. The number of benzene rings is 3. The van der Waals surface area contributed by atoms with Crippen LogP contribution in [0.1, 0.15) is 48.8 Å². The van der Waals surface area contributed by atoms with Gasteiger partial charge in [0, 0.05) is 33.7 Å². The summed E-state index contributed by atoms with van der Waals surface area (Å²) in [4.78, 5) is 29.4. The summed E-state index contributed by atoms with van der Waals surface area (Å²) in [7, 11) is 0. The third-order valence-corrected chi connectivity index (χ3v) is 8.94. The van der Waals surface area contributed by atoms with Gasteiger partial charge in [0.05, 0.1) is 5.75 Å². The van der Waals surface area contributed by atoms with Crippen LogP contribution in [0.15, 0.2) is 87.8 Å². The molecule has 0 aromatic heterocycles. The SMILES string of the molecule is O=C(NC1CCCCC1)C(Cc1ccccc1)N(Cc1ccc(Br)cc1)C(=O)CSCc1ccc(Br)cc1. The first-order valence-electron chi connectivity index (χ1n) is 13.2. The van der Waals surface area contributed by atoms with Crippen molar-refractivity contribution in [1.82, 2.24) is 10.2 Å². The van der Waals surface area contributed by atoms with E-state index in [2.05, 4.69) is 49.3 Å². The molecule has 4 nitrogen and oxygen atoms in total. The molecule has 0 aliphatic heterocycles. The van der Waals surface area contributed by atoms with Crippen LogP contribution in [-0.4, -0.2) is 34.6 Å². The fraction of sp³-hybridized carbons (Fsp3) is 0.355. The molecule has 1 saturated carbocycles. The predicted molar refractivity (Wildman–Crippen MR) is 164 cm³/mol. The topological polar surface area (TPSA) is 49.4 Å². The minimum absolute atomic E-state index is 0.0187. The summed E-state index contributed by atoms with van der Waals surface area (Å²) < 4.78 is 2.02. The van der Waals surface area contributed by atoms with E-state index < -0.39 is 6.04 Å². The van der Waals surface area contributed by atoms with Crippen LogP contribution in [0.3, 0.4) is 0 Å². The van der Waals surface area contributed by atoms with Gasteiger partial charge in [0.15, 0.2) is 0 Å². The van der Waals surface area contributed by atoms with Crippen molar-refractivity contribution >= 4 is 55.4 Å². The molecule has 3 aromatic carbocycles. The molecule has 0 heterocycles. The molecule has 3 aromatic rings. The maximum absolute atomic E-state index is 13.8. The van der Waals surface area contributed by atoms with E-state index in [1.54, 1.807) is 16.7 Å². The van der Waals surface area contributed by atoms with Crippen LogP contribution in [0, 0.1) is 0 Å². The van der Waals surface area contributed by atoms with Crippen LogP contribution in [0.4, 0.5) is 0 Å². The van der Waals surface area contributed by atoms with Gasteiger partial charge in [-0.1, -0.05) is 106 Å². The number of nitrogens with one attached hydrogen (secondary N) is 1. The van der Waals surface area contributed by atoms with E-state index in [0.717, 1.165) is 51.5 Å². The largest absolute Gasteiger partial charge is 0.352 e. The van der Waals surface area contributed by atoms with Crippen molar-refractivity contribution < 1.29 is 9.59 Å². The minimum atomic E-state index is -0.580. The number of carbonyl (C=O) groups is 2. The molecule has 1 aliphatic rings. The maximum atomic E-state index is 13.8. The highest BCUT2D eigenvalue weighted by molar-refractivity contribution is 9.10. The van der Waals surface area contributed by atoms with E-state index in [-0.39, 0.29) is 17.9 Å². The Morgan fingerprint density at radius 3 is 2.05 bits per heavy atom. The van der Waals surface area contributed by atoms with E-state index >= 15 is 0 Å². The Balaban J connectivity index is 1.55. The first-order chi connectivity index (χ1) is 18.5. The average Bonchev–Trinajstić information content (AvgIpc) is 2.94. The summed E-state index contributed by atoms with van der Waals surface area (Å²) in [5.74, 6) is 0.982. The molecule has 2 amide bonds. The average molecular weight is 659 g/mol. The predicted octanol–water partition coefficient (Wildman–Crippen LogP) is 7.53. The van der Waals surface area contributed by atoms with Gasteiger partial charge in [-0.25, -0.2) is 0 Å². The first-order valence-corrected chi connectivity index (χ1v) is 15.9. The van der Waals surface area contributed by atoms with Gasteiger partial charge in [-0.2, -0.15) is 0 Å². The van der Waals surface area contributed by atoms with Gasteiger partial charge in [-0.05, 0) is 53.8 Å². The standard InChI is InChI=1S/C31H34Br2N2O2S/c32-26-15-11-24(12-16-26)20-35(30(36)22-38-21-25-13-17-27(33)18-14-25)29(19-23-7-3-1-4-8-23)31(37)34-28-9-5-2-6-10-28/h1,3-4,7-8,11-18,28-29H,2,5-6,9-10,19-22H2,(H,34,37). The second-order valence-electron chi connectivity index (χ2n) is 9.82. The molecule has 1 atom stereocenters. The molecule has 0 spiro atoms. The fourth-order valence-corrected chi connectivity index (χ4v) is 6.20. The quantitative estimate of drug-likeness (QED) is 0.232. The minimum Gasteiger partial charge on any atom is -0.352 e. The molecule has 200 valence electrons. The van der Waals surface area contributed by atoms with Gasteiger partial charge in [-0.15, -0.1) is 11.8 Å². The van der Waals surface area contributed by atoms with Gasteiger partial charge in [-0.3, -0.25) is 9.59 Å². The van der Waals surface area contributed by atoms with Crippen LogP contribution in [-0.2, 0) is 28.3 Å². The van der Waals surface area contributed by atoms with Crippen molar-refractivity contribution in [2.24, 2.45) is 0 Å². The summed E-state index contributed by atoms with van der Waals surface area (Å²) in [6.07, 6.45) is 6.01. The van der Waals surface area contributed by atoms with Crippen molar-refractivity contribution in [3.8, 4) is 0 Å². The summed E-state index contributed by atoms with van der Waals surface area (Å²) in [6, 6.07) is 25.8. The molecule has 7 heteroatoms. The van der Waals surface area contributed by atoms with Crippen LogP contribution in [0.25, 0.3) is 0 Å². The number of hydrogen-bond donors (Lipinski definition) is 1. The summed E-state index contributed by atoms with van der Waals surface area (Å²) >= 11 is 8.56. The van der Waals surface area contributed by atoms with Crippen LogP contribution < -0.4 is 5.32 Å². The van der Waals surface area contributed by atoms with Gasteiger partial charge in [0.2, 0.25) is 11.8 Å². The van der Waals surface area contributed by atoms with Gasteiger partial charge in [0.25, 0.3) is 0 Å². The summed E-state index contributed by atoms with van der Waals surface area (Å²) in [5.41, 5.74) is 3.22. The number of nitrogens with zero attached hydrogens (tertiary/aromatic N) is 1. The van der Waals surface area contributed by atoms with E-state index in [9.17, 15) is 9.59 Å². The summed E-state index contributed by atoms with van der Waals surface area (Å²) in [5, 5.41) is 3.31. The van der Waals surface area contributed by atoms with Gasteiger partial charge >= 0.3 is 0 Å². The number of halogens is 2. The fourth-order valence-electron chi connectivity index (χ4n) is 4.80. The van der Waals surface area contributed by atoms with Crippen molar-refractivity contribution in [3.63, 3.8) is 0 Å². The monoisotopic (exact) mass is 656 g/mol. The van der Waals surface area contributed by atoms with E-state index in [0.29, 0.717) is 18.7 Å². The Kier molecular flexibility index (Phi) is 11.3. The zero-order valence-electron chi connectivity index (χ0n) is 21.5. The Hall–Kier alpha value is -2.09. The van der Waals surface area contributed by atoms with E-state index in [4.69, 9.17) is 0 Å². The normalized spacial score (nSPS) is 14.6. The lowest BCUT2D eigenvalue weighted by molar-refractivity contribution is -0.139. The lowest BCUT2D eigenvalue weighted by atomic mass is 9.94. The lowest BCUT2D eigenvalue weighted by Crippen LogP contribution is -2.53. The van der Waals surface area contributed by atoms with Crippen molar-refractivity contribution in [3.05, 3.63) is 104 Å². The Bertz CT molecular complexity index is 1170. The highest BCUT2D eigenvalue weighted by Crippen LogP contribution is 2.22. The number of amides is 2. The number of hydrogen-bond acceptors (Lipinski definition) is 3. The Morgan fingerprint density at radius 1 is 0.816 bits per heavy atom. The maximum Gasteiger partial charge on any atom is 0.243 e. The molecule has 1 N–H and O–H groups in total. The molecular weight excluding hydrogens is 624 g/mol. The number of rotatable bonds is 11. The Labute approximate surface area is 247 Å². The highest BCUT2D eigenvalue weighted by atomic mass is 79.9. The molecule has 1 unspecified atom stereocenters. The first kappa shape index (κ1) is 28.9. The van der Waals surface area contributed by atoms with E-state index in [1.807, 2.05) is 66.7 Å². The number of thioether (sulfide) groups is 1. The molecule has 38 heavy (non-hydrogen) atoms. The number of carbonyl (C=O) groups excluding carboxylic acids is 2. The van der Waals surface area contributed by atoms with Crippen LogP contribution >= 0.6 is 43.6 Å². The van der Waals surface area contributed by atoms with Crippen LogP contribution in [0.5, 0.6) is 0 Å². The second kappa shape index (κ2) is 14.9.